The van der Waals surface area contributed by atoms with E-state index >= 15 is 0 Å². The maximum Gasteiger partial charge on any atom is 0.126 e. The number of halogens is 1. The van der Waals surface area contributed by atoms with E-state index in [1.807, 2.05) is 13.1 Å². The van der Waals surface area contributed by atoms with E-state index in [9.17, 15) is 9.65 Å². The molecule has 2 rings (SSSR count). The molecule has 1 aromatic carbocycles. The zero-order valence-electron chi connectivity index (χ0n) is 10.3. The molecule has 0 heterocycles. The third-order valence-electron chi connectivity index (χ3n) is 3.83. The summed E-state index contributed by atoms with van der Waals surface area (Å²) in [6.07, 6.45) is 2.95. The second kappa shape index (κ2) is 4.46. The lowest BCUT2D eigenvalue weighted by molar-refractivity contribution is 0.149. The van der Waals surface area contributed by atoms with Gasteiger partial charge in [0.15, 0.2) is 0 Å². The van der Waals surface area contributed by atoms with Crippen molar-refractivity contribution in [3.63, 3.8) is 0 Å². The predicted molar refractivity (Wildman–Crippen MR) is 64.8 cm³/mol. The van der Waals surface area contributed by atoms with Crippen molar-refractivity contribution in [2.24, 2.45) is 5.41 Å². The van der Waals surface area contributed by atoms with Crippen LogP contribution in [0.5, 0.6) is 0 Å². The van der Waals surface area contributed by atoms with Crippen LogP contribution in [0.2, 0.25) is 0 Å². The molecular weight excluding hydrogens is 215 g/mol. The van der Waals surface area contributed by atoms with E-state index in [1.165, 1.54) is 6.07 Å². The predicted octanol–water partition coefficient (Wildman–Crippen LogP) is 3.09. The van der Waals surface area contributed by atoms with Gasteiger partial charge in [-0.25, -0.2) is 4.39 Å². The number of nitriles is 1. The maximum absolute atomic E-state index is 13.3. The van der Waals surface area contributed by atoms with Crippen LogP contribution in [0.25, 0.3) is 0 Å². The number of aryl methyl sites for hydroxylation is 1. The molecule has 1 unspecified atom stereocenters. The molecule has 1 fully saturated rings. The van der Waals surface area contributed by atoms with Crippen LogP contribution in [0.3, 0.4) is 0 Å². The molecule has 1 atom stereocenters. The number of hydrogen-bond acceptors (Lipinski definition) is 2. The van der Waals surface area contributed by atoms with Crippen molar-refractivity contribution >= 4 is 0 Å². The van der Waals surface area contributed by atoms with Gasteiger partial charge in [0, 0.05) is 0 Å². The van der Waals surface area contributed by atoms with Crippen molar-refractivity contribution in [2.45, 2.75) is 32.2 Å². The van der Waals surface area contributed by atoms with Gasteiger partial charge < -0.3 is 5.32 Å². The second-order valence-electron chi connectivity index (χ2n) is 4.85. The van der Waals surface area contributed by atoms with E-state index in [1.54, 1.807) is 13.0 Å². The lowest BCUT2D eigenvalue weighted by Crippen LogP contribution is -2.40. The molecule has 1 aromatic rings. The second-order valence-corrected chi connectivity index (χ2v) is 4.85. The Morgan fingerprint density at radius 2 is 2.18 bits per heavy atom. The first-order chi connectivity index (χ1) is 8.13. The van der Waals surface area contributed by atoms with E-state index in [-0.39, 0.29) is 17.3 Å². The normalized spacial score (nSPS) is 19.2. The summed E-state index contributed by atoms with van der Waals surface area (Å²) in [5, 5.41) is 12.6. The van der Waals surface area contributed by atoms with Crippen LogP contribution >= 0.6 is 0 Å². The Bertz CT molecular complexity index is 458. The van der Waals surface area contributed by atoms with Crippen LogP contribution in [0.4, 0.5) is 4.39 Å². The first-order valence-electron chi connectivity index (χ1n) is 5.97. The molecule has 0 amide bonds. The van der Waals surface area contributed by atoms with Crippen LogP contribution < -0.4 is 5.32 Å². The van der Waals surface area contributed by atoms with Gasteiger partial charge in [0.1, 0.15) is 5.82 Å². The van der Waals surface area contributed by atoms with Gasteiger partial charge in [-0.2, -0.15) is 5.26 Å². The van der Waals surface area contributed by atoms with Gasteiger partial charge in [-0.3, -0.25) is 0 Å². The van der Waals surface area contributed by atoms with E-state index < -0.39 is 0 Å². The molecule has 1 aliphatic carbocycles. The third-order valence-corrected chi connectivity index (χ3v) is 3.83. The van der Waals surface area contributed by atoms with Gasteiger partial charge in [0.25, 0.3) is 0 Å². The molecule has 0 saturated heterocycles. The molecule has 17 heavy (non-hydrogen) atoms. The average molecular weight is 232 g/mol. The number of nitrogens with one attached hydrogen (secondary N) is 1. The lowest BCUT2D eigenvalue weighted by Gasteiger charge is -2.42. The molecule has 1 N–H and O–H groups in total. The van der Waals surface area contributed by atoms with Gasteiger partial charge in [-0.15, -0.1) is 0 Å². The minimum Gasteiger partial charge on any atom is -0.312 e. The standard InChI is InChI=1S/C14H17FN2/c1-10-8-11(4-5-12(10)15)13(17-2)14(9-16)6-3-7-14/h4-5,8,13,17H,3,6-7H2,1-2H3. The highest BCUT2D eigenvalue weighted by Gasteiger charge is 2.44. The fourth-order valence-electron chi connectivity index (χ4n) is 2.63. The van der Waals surface area contributed by atoms with Crippen molar-refractivity contribution in [1.29, 1.82) is 5.26 Å². The highest BCUT2D eigenvalue weighted by atomic mass is 19.1. The van der Waals surface area contributed by atoms with E-state index in [0.29, 0.717) is 5.56 Å². The van der Waals surface area contributed by atoms with Crippen LogP contribution in [-0.2, 0) is 0 Å². The van der Waals surface area contributed by atoms with Crippen LogP contribution in [0.15, 0.2) is 18.2 Å². The molecule has 3 heteroatoms. The molecule has 1 saturated carbocycles. The van der Waals surface area contributed by atoms with E-state index in [4.69, 9.17) is 0 Å². The third kappa shape index (κ3) is 1.94. The summed E-state index contributed by atoms with van der Waals surface area (Å²) in [7, 11) is 1.86. The maximum atomic E-state index is 13.3. The van der Waals surface area contributed by atoms with E-state index in [0.717, 1.165) is 24.8 Å². The largest absolute Gasteiger partial charge is 0.312 e. The van der Waals surface area contributed by atoms with Crippen molar-refractivity contribution < 1.29 is 4.39 Å². The van der Waals surface area contributed by atoms with Gasteiger partial charge in [-0.1, -0.05) is 18.6 Å². The van der Waals surface area contributed by atoms with Crippen LogP contribution in [-0.4, -0.2) is 7.05 Å². The van der Waals surface area contributed by atoms with Gasteiger partial charge >= 0.3 is 0 Å². The number of benzene rings is 1. The van der Waals surface area contributed by atoms with Crippen molar-refractivity contribution in [1.82, 2.24) is 5.32 Å². The Balaban J connectivity index is 2.36. The smallest absolute Gasteiger partial charge is 0.126 e. The van der Waals surface area contributed by atoms with Gasteiger partial charge in [0.2, 0.25) is 0 Å². The average Bonchev–Trinajstić information content (AvgIpc) is 2.27. The summed E-state index contributed by atoms with van der Waals surface area (Å²) >= 11 is 0. The zero-order chi connectivity index (χ0) is 12.5. The van der Waals surface area contributed by atoms with E-state index in [2.05, 4.69) is 11.4 Å². The molecule has 0 aromatic heterocycles. The van der Waals surface area contributed by atoms with Crippen molar-refractivity contribution in [2.75, 3.05) is 7.05 Å². The Morgan fingerprint density at radius 3 is 2.59 bits per heavy atom. The Hall–Kier alpha value is -1.40. The molecule has 90 valence electrons. The minimum absolute atomic E-state index is 0.000509. The molecule has 0 spiro atoms. The topological polar surface area (TPSA) is 35.8 Å². The zero-order valence-corrected chi connectivity index (χ0v) is 10.3. The Morgan fingerprint density at radius 1 is 1.47 bits per heavy atom. The summed E-state index contributed by atoms with van der Waals surface area (Å²) in [6.45, 7) is 1.76. The fraction of sp³-hybridized carbons (Fsp3) is 0.500. The Labute approximate surface area is 101 Å². The summed E-state index contributed by atoms with van der Waals surface area (Å²) < 4.78 is 13.3. The highest BCUT2D eigenvalue weighted by Crippen LogP contribution is 2.49. The fourth-order valence-corrected chi connectivity index (χ4v) is 2.63. The first kappa shape index (κ1) is 12.1. The minimum atomic E-state index is -0.307. The van der Waals surface area contributed by atoms with Gasteiger partial charge in [-0.05, 0) is 44.0 Å². The summed E-state index contributed by atoms with van der Waals surface area (Å²) in [5.41, 5.74) is 1.33. The van der Waals surface area contributed by atoms with Crippen molar-refractivity contribution in [3.8, 4) is 6.07 Å². The molecule has 0 bridgehead atoms. The van der Waals surface area contributed by atoms with Gasteiger partial charge in [0.05, 0.1) is 17.5 Å². The van der Waals surface area contributed by atoms with Crippen LogP contribution in [0.1, 0.15) is 36.4 Å². The summed E-state index contributed by atoms with van der Waals surface area (Å²) in [5.74, 6) is -0.191. The first-order valence-corrected chi connectivity index (χ1v) is 5.97. The SMILES string of the molecule is CNC(c1ccc(F)c(C)c1)C1(C#N)CCC1. The summed E-state index contributed by atoms with van der Waals surface area (Å²) in [4.78, 5) is 0. The molecule has 0 aliphatic heterocycles. The summed E-state index contributed by atoms with van der Waals surface area (Å²) in [6, 6.07) is 7.55. The number of hydrogen-bond donors (Lipinski definition) is 1. The monoisotopic (exact) mass is 232 g/mol. The molecule has 0 radical (unpaired) electrons. The van der Waals surface area contributed by atoms with Crippen molar-refractivity contribution in [3.05, 3.63) is 35.1 Å². The molecular formula is C14H17FN2. The Kier molecular flexibility index (Phi) is 3.17. The highest BCUT2D eigenvalue weighted by molar-refractivity contribution is 5.31. The number of rotatable bonds is 3. The molecule has 2 nitrogen and oxygen atoms in total. The van der Waals surface area contributed by atoms with Crippen LogP contribution in [0, 0.1) is 29.5 Å². The number of nitrogens with zero attached hydrogens (tertiary/aromatic N) is 1. The molecule has 1 aliphatic rings. The lowest BCUT2D eigenvalue weighted by atomic mass is 9.63. The quantitative estimate of drug-likeness (QED) is 0.869.